The van der Waals surface area contributed by atoms with E-state index in [-0.39, 0.29) is 29.3 Å². The van der Waals surface area contributed by atoms with Crippen LogP contribution in [0.4, 0.5) is 5.82 Å². The minimum atomic E-state index is -0.179. The molecule has 9 nitrogen and oxygen atoms in total. The molecule has 4 rings (SSSR count). The Morgan fingerprint density at radius 2 is 2.03 bits per heavy atom. The molecule has 1 aliphatic rings. The Balaban J connectivity index is 1.57. The van der Waals surface area contributed by atoms with Crippen LogP contribution in [0.3, 0.4) is 0 Å². The van der Waals surface area contributed by atoms with Gasteiger partial charge in [0.15, 0.2) is 5.82 Å². The fourth-order valence-electron chi connectivity index (χ4n) is 4.70. The highest BCUT2D eigenvalue weighted by molar-refractivity contribution is 6.32. The van der Waals surface area contributed by atoms with Crippen LogP contribution in [0.5, 0.6) is 0 Å². The van der Waals surface area contributed by atoms with E-state index in [0.717, 1.165) is 28.7 Å². The Kier molecular flexibility index (Phi) is 7.37. The predicted octanol–water partition coefficient (Wildman–Crippen LogP) is 4.73. The monoisotopic (exact) mass is 525 g/mol. The van der Waals surface area contributed by atoms with Crippen LogP contribution < -0.4 is 10.6 Å². The van der Waals surface area contributed by atoms with Crippen LogP contribution in [0.15, 0.2) is 24.8 Å². The van der Waals surface area contributed by atoms with Crippen molar-refractivity contribution in [1.29, 1.82) is 0 Å². The number of anilines is 1. The maximum absolute atomic E-state index is 13.3. The van der Waals surface area contributed by atoms with Crippen molar-refractivity contribution < 1.29 is 9.59 Å². The number of rotatable bonds is 8. The summed E-state index contributed by atoms with van der Waals surface area (Å²) in [6.07, 6.45) is 2.13. The van der Waals surface area contributed by atoms with Gasteiger partial charge >= 0.3 is 0 Å². The number of imidazole rings is 1. The second kappa shape index (κ2) is 10.2. The number of hydrogen-bond acceptors (Lipinski definition) is 5. The number of carbonyl (C=O) groups is 2. The van der Waals surface area contributed by atoms with Crippen molar-refractivity contribution >= 4 is 40.1 Å². The van der Waals surface area contributed by atoms with Crippen molar-refractivity contribution in [3.8, 4) is 0 Å². The number of halogens is 1. The Hall–Kier alpha value is -3.33. The lowest BCUT2D eigenvalue weighted by Gasteiger charge is -2.39. The van der Waals surface area contributed by atoms with E-state index < -0.39 is 0 Å². The van der Waals surface area contributed by atoms with Crippen LogP contribution in [-0.2, 0) is 16.8 Å². The summed E-state index contributed by atoms with van der Waals surface area (Å²) < 4.78 is 2.01. The number of aromatic nitrogens is 4. The van der Waals surface area contributed by atoms with Gasteiger partial charge in [-0.05, 0) is 49.5 Å². The summed E-state index contributed by atoms with van der Waals surface area (Å²) in [5.74, 6) is 1.17. The SMILES string of the molecule is C=CC(=O)N1CC(NC(=O)c2c(C)nc(CNc3n[nH]c4cc(Cl)c(C(C)(C)C)cc34)n2C(C)CC)C1. The topological polar surface area (TPSA) is 108 Å². The number of aromatic amines is 1. The van der Waals surface area contributed by atoms with E-state index in [2.05, 4.69) is 68.1 Å². The van der Waals surface area contributed by atoms with E-state index in [1.54, 1.807) is 4.90 Å². The summed E-state index contributed by atoms with van der Waals surface area (Å²) in [4.78, 5) is 31.4. The molecule has 37 heavy (non-hydrogen) atoms. The van der Waals surface area contributed by atoms with Gasteiger partial charge in [0.05, 0.1) is 23.8 Å². The van der Waals surface area contributed by atoms with Gasteiger partial charge in [-0.1, -0.05) is 45.9 Å². The minimum absolute atomic E-state index is 0.0706. The number of benzene rings is 1. The smallest absolute Gasteiger partial charge is 0.270 e. The van der Waals surface area contributed by atoms with Crippen LogP contribution in [0.1, 0.15) is 74.7 Å². The number of nitrogens with one attached hydrogen (secondary N) is 3. The largest absolute Gasteiger partial charge is 0.361 e. The molecule has 0 saturated carbocycles. The van der Waals surface area contributed by atoms with Crippen LogP contribution in [0, 0.1) is 6.92 Å². The molecule has 1 atom stereocenters. The van der Waals surface area contributed by atoms with Gasteiger partial charge < -0.3 is 20.1 Å². The summed E-state index contributed by atoms with van der Waals surface area (Å²) in [5.41, 5.74) is 3.01. The zero-order valence-electron chi connectivity index (χ0n) is 22.4. The van der Waals surface area contributed by atoms with Gasteiger partial charge in [-0.2, -0.15) is 5.10 Å². The first-order chi connectivity index (χ1) is 17.4. The molecule has 1 unspecified atom stereocenters. The molecule has 1 aromatic carbocycles. The first-order valence-corrected chi connectivity index (χ1v) is 13.0. The zero-order chi connectivity index (χ0) is 27.1. The molecule has 10 heteroatoms. The first-order valence-electron chi connectivity index (χ1n) is 12.7. The van der Waals surface area contributed by atoms with Crippen molar-refractivity contribution in [3.05, 3.63) is 52.6 Å². The van der Waals surface area contributed by atoms with Crippen molar-refractivity contribution in [2.24, 2.45) is 0 Å². The first kappa shape index (κ1) is 26.7. The highest BCUT2D eigenvalue weighted by Crippen LogP contribution is 2.35. The summed E-state index contributed by atoms with van der Waals surface area (Å²) >= 11 is 6.53. The molecule has 0 aliphatic carbocycles. The number of carbonyl (C=O) groups excluding carboxylic acids is 2. The molecule has 1 aliphatic heterocycles. The third kappa shape index (κ3) is 5.23. The second-order valence-corrected chi connectivity index (χ2v) is 11.2. The molecule has 198 valence electrons. The van der Waals surface area contributed by atoms with Gasteiger partial charge in [-0.3, -0.25) is 14.7 Å². The number of aryl methyl sites for hydroxylation is 1. The van der Waals surface area contributed by atoms with E-state index in [1.165, 1.54) is 6.08 Å². The summed E-state index contributed by atoms with van der Waals surface area (Å²) in [7, 11) is 0. The van der Waals surface area contributed by atoms with Gasteiger partial charge in [-0.15, -0.1) is 0 Å². The summed E-state index contributed by atoms with van der Waals surface area (Å²) in [6.45, 7) is 17.3. The van der Waals surface area contributed by atoms with E-state index in [4.69, 9.17) is 16.6 Å². The van der Waals surface area contributed by atoms with Gasteiger partial charge in [-0.25, -0.2) is 4.98 Å². The molecule has 0 spiro atoms. The number of amides is 2. The average Bonchev–Trinajstić information content (AvgIpc) is 3.36. The Morgan fingerprint density at radius 3 is 2.65 bits per heavy atom. The predicted molar refractivity (Wildman–Crippen MR) is 147 cm³/mol. The third-order valence-electron chi connectivity index (χ3n) is 6.98. The maximum atomic E-state index is 13.3. The maximum Gasteiger partial charge on any atom is 0.270 e. The number of likely N-dealkylation sites (tertiary alicyclic amines) is 1. The standard InChI is InChI=1S/C27H36ClN7O2/c1-8-15(3)35-22(30-16(4)24(35)26(37)31-17-13-34(14-17)23(36)9-2)12-29-25-18-10-19(27(5,6)7)20(28)11-21(18)32-33-25/h9-11,15,17H,2,8,12-14H2,1,3-7H3,(H,31,37)(H2,29,32,33). The van der Waals surface area contributed by atoms with E-state index in [0.29, 0.717) is 41.9 Å². The number of fused-ring (bicyclic) bond motifs is 1. The molecular formula is C27H36ClN7O2. The van der Waals surface area contributed by atoms with Crippen molar-refractivity contribution in [2.75, 3.05) is 18.4 Å². The third-order valence-corrected chi connectivity index (χ3v) is 7.29. The van der Waals surface area contributed by atoms with Crippen LogP contribution in [0.25, 0.3) is 10.9 Å². The minimum Gasteiger partial charge on any atom is -0.361 e. The molecule has 1 saturated heterocycles. The van der Waals surface area contributed by atoms with Crippen LogP contribution in [-0.4, -0.2) is 55.6 Å². The summed E-state index contributed by atoms with van der Waals surface area (Å²) in [5, 5.41) is 15.7. The molecule has 3 N–H and O–H groups in total. The Bertz CT molecular complexity index is 1340. The van der Waals surface area contributed by atoms with E-state index in [9.17, 15) is 9.59 Å². The number of hydrogen-bond donors (Lipinski definition) is 3. The zero-order valence-corrected chi connectivity index (χ0v) is 23.2. The highest BCUT2D eigenvalue weighted by Gasteiger charge is 2.32. The van der Waals surface area contributed by atoms with E-state index >= 15 is 0 Å². The molecule has 0 bridgehead atoms. The van der Waals surface area contributed by atoms with Gasteiger partial charge in [0, 0.05) is 29.5 Å². The van der Waals surface area contributed by atoms with Crippen molar-refractivity contribution in [2.45, 2.75) is 72.0 Å². The van der Waals surface area contributed by atoms with Crippen molar-refractivity contribution in [1.82, 2.24) is 30.0 Å². The molecule has 0 radical (unpaired) electrons. The fourth-order valence-corrected chi connectivity index (χ4v) is 5.15. The van der Waals surface area contributed by atoms with Crippen LogP contribution in [0.2, 0.25) is 5.02 Å². The molecule has 3 heterocycles. The van der Waals surface area contributed by atoms with Gasteiger partial charge in [0.2, 0.25) is 5.91 Å². The molecule has 2 aromatic heterocycles. The highest BCUT2D eigenvalue weighted by atomic mass is 35.5. The second-order valence-electron chi connectivity index (χ2n) is 10.8. The molecule has 3 aromatic rings. The molecule has 2 amide bonds. The van der Waals surface area contributed by atoms with Gasteiger partial charge in [0.1, 0.15) is 11.5 Å². The average molecular weight is 526 g/mol. The Labute approximate surface area is 222 Å². The van der Waals surface area contributed by atoms with Crippen LogP contribution >= 0.6 is 11.6 Å². The quantitative estimate of drug-likeness (QED) is 0.368. The number of nitrogens with zero attached hydrogens (tertiary/aromatic N) is 4. The summed E-state index contributed by atoms with van der Waals surface area (Å²) in [6, 6.07) is 3.97. The molecular weight excluding hydrogens is 490 g/mol. The lowest BCUT2D eigenvalue weighted by atomic mass is 9.86. The Morgan fingerprint density at radius 1 is 1.32 bits per heavy atom. The number of H-pyrrole nitrogens is 1. The normalized spacial score (nSPS) is 14.9. The van der Waals surface area contributed by atoms with Crippen molar-refractivity contribution in [3.63, 3.8) is 0 Å². The lowest BCUT2D eigenvalue weighted by Crippen LogP contribution is -2.60. The molecule has 1 fully saturated rings. The van der Waals surface area contributed by atoms with E-state index in [1.807, 2.05) is 17.6 Å². The van der Waals surface area contributed by atoms with Gasteiger partial charge in [0.25, 0.3) is 5.91 Å². The fraction of sp³-hybridized carbons (Fsp3) is 0.481. The lowest BCUT2D eigenvalue weighted by molar-refractivity contribution is -0.130.